The second kappa shape index (κ2) is 10.0. The van der Waals surface area contributed by atoms with E-state index in [-0.39, 0.29) is 6.61 Å². The first kappa shape index (κ1) is 24.5. The molecule has 0 amide bonds. The predicted molar refractivity (Wildman–Crippen MR) is 91.6 cm³/mol. The van der Waals surface area contributed by atoms with Gasteiger partial charge >= 0.3 is 10.4 Å². The van der Waals surface area contributed by atoms with Gasteiger partial charge in [0.15, 0.2) is 12.6 Å². The van der Waals surface area contributed by atoms with Gasteiger partial charge in [0.25, 0.3) is 0 Å². The fourth-order valence-corrected chi connectivity index (χ4v) is 3.54. The van der Waals surface area contributed by atoms with Gasteiger partial charge in [-0.25, -0.2) is 4.18 Å². The molecule has 0 saturated carbocycles. The SMILES string of the molecule is C=CCO[C@@H]1O[C@@H](C)[C@@H](O)[C@@H](O[C@@H]2O[C@H](CO)[C@@H](O)[C@H](OS(=O)(=O)O)[C@H]2O)[C@@H]1O. The van der Waals surface area contributed by atoms with Gasteiger partial charge in [0, 0.05) is 0 Å². The minimum atomic E-state index is -5.09. The minimum Gasteiger partial charge on any atom is -0.394 e. The third-order valence-corrected chi connectivity index (χ3v) is 4.97. The Balaban J connectivity index is 2.21. The Morgan fingerprint density at radius 3 is 2.17 bits per heavy atom. The average molecular weight is 446 g/mol. The summed E-state index contributed by atoms with van der Waals surface area (Å²) >= 11 is 0. The average Bonchev–Trinajstić information content (AvgIpc) is 2.65. The molecule has 2 aliphatic rings. The highest BCUT2D eigenvalue weighted by atomic mass is 32.3. The summed E-state index contributed by atoms with van der Waals surface area (Å²) < 4.78 is 56.4. The maximum absolute atomic E-state index is 11.0. The van der Waals surface area contributed by atoms with Crippen LogP contribution in [0.25, 0.3) is 0 Å². The highest BCUT2D eigenvalue weighted by Crippen LogP contribution is 2.30. The molecular formula is C15H26O13S. The van der Waals surface area contributed by atoms with Gasteiger partial charge in [0.1, 0.15) is 42.7 Å². The van der Waals surface area contributed by atoms with Gasteiger partial charge in [-0.3, -0.25) is 4.55 Å². The molecule has 0 aromatic rings. The molecule has 13 nitrogen and oxygen atoms in total. The number of hydrogen-bond acceptors (Lipinski definition) is 12. The summed E-state index contributed by atoms with van der Waals surface area (Å²) in [5.74, 6) is 0. The monoisotopic (exact) mass is 446 g/mol. The number of aliphatic hydroxyl groups excluding tert-OH is 5. The van der Waals surface area contributed by atoms with Crippen molar-refractivity contribution in [1.29, 1.82) is 0 Å². The fraction of sp³-hybridized carbons (Fsp3) is 0.867. The van der Waals surface area contributed by atoms with Crippen LogP contribution in [-0.2, 0) is 33.5 Å². The summed E-state index contributed by atoms with van der Waals surface area (Å²) in [7, 11) is -5.09. The molecule has 2 aliphatic heterocycles. The van der Waals surface area contributed by atoms with Crippen LogP contribution in [0.4, 0.5) is 0 Å². The molecule has 0 bridgehead atoms. The first-order valence-electron chi connectivity index (χ1n) is 8.67. The summed E-state index contributed by atoms with van der Waals surface area (Å²) in [6, 6.07) is 0. The van der Waals surface area contributed by atoms with Crippen LogP contribution in [0.5, 0.6) is 0 Å². The first-order chi connectivity index (χ1) is 13.5. The Morgan fingerprint density at radius 2 is 1.62 bits per heavy atom. The normalized spacial score (nSPS) is 43.8. The molecule has 0 aromatic heterocycles. The quantitative estimate of drug-likeness (QED) is 0.160. The van der Waals surface area contributed by atoms with E-state index in [4.69, 9.17) is 23.5 Å². The lowest BCUT2D eigenvalue weighted by Gasteiger charge is -2.46. The van der Waals surface area contributed by atoms with Crippen LogP contribution in [0.3, 0.4) is 0 Å². The molecule has 0 aliphatic carbocycles. The molecule has 2 fully saturated rings. The lowest BCUT2D eigenvalue weighted by atomic mass is 9.97. The maximum atomic E-state index is 11.0. The van der Waals surface area contributed by atoms with Crippen molar-refractivity contribution in [3.63, 3.8) is 0 Å². The van der Waals surface area contributed by atoms with E-state index in [1.807, 2.05) is 0 Å². The van der Waals surface area contributed by atoms with Gasteiger partial charge < -0.3 is 44.5 Å². The van der Waals surface area contributed by atoms with Gasteiger partial charge in [-0.15, -0.1) is 6.58 Å². The second-order valence-corrected chi connectivity index (χ2v) is 7.66. The first-order valence-corrected chi connectivity index (χ1v) is 10.0. The Kier molecular flexibility index (Phi) is 8.49. The third kappa shape index (κ3) is 5.90. The second-order valence-electron chi connectivity index (χ2n) is 6.61. The molecule has 14 heteroatoms. The molecule has 0 aromatic carbocycles. The fourth-order valence-electron chi connectivity index (χ4n) is 3.03. The summed E-state index contributed by atoms with van der Waals surface area (Å²) in [5, 5.41) is 50.4. The van der Waals surface area contributed by atoms with Crippen molar-refractivity contribution in [2.24, 2.45) is 0 Å². The Morgan fingerprint density at radius 1 is 1.00 bits per heavy atom. The van der Waals surface area contributed by atoms with E-state index in [2.05, 4.69) is 10.8 Å². The van der Waals surface area contributed by atoms with E-state index in [9.17, 15) is 34.0 Å². The summed E-state index contributed by atoms with van der Waals surface area (Å²) in [6.45, 7) is 4.13. The topological polar surface area (TPSA) is 202 Å². The van der Waals surface area contributed by atoms with Crippen molar-refractivity contribution in [2.75, 3.05) is 13.2 Å². The van der Waals surface area contributed by atoms with Gasteiger partial charge in [0.2, 0.25) is 0 Å². The molecule has 0 unspecified atom stereocenters. The molecule has 6 N–H and O–H groups in total. The van der Waals surface area contributed by atoms with Crippen LogP contribution in [-0.4, -0.2) is 113 Å². The van der Waals surface area contributed by atoms with E-state index in [0.29, 0.717) is 0 Å². The largest absolute Gasteiger partial charge is 0.397 e. The zero-order chi connectivity index (χ0) is 21.9. The Bertz CT molecular complexity index is 642. The smallest absolute Gasteiger partial charge is 0.394 e. The molecule has 10 atom stereocenters. The van der Waals surface area contributed by atoms with E-state index in [0.717, 1.165) is 0 Å². The van der Waals surface area contributed by atoms with Crippen molar-refractivity contribution in [2.45, 2.75) is 68.3 Å². The van der Waals surface area contributed by atoms with Crippen LogP contribution < -0.4 is 0 Å². The van der Waals surface area contributed by atoms with Crippen LogP contribution in [0.1, 0.15) is 6.92 Å². The van der Waals surface area contributed by atoms with E-state index in [1.165, 1.54) is 13.0 Å². The van der Waals surface area contributed by atoms with Gasteiger partial charge in [0.05, 0.1) is 19.3 Å². The van der Waals surface area contributed by atoms with E-state index >= 15 is 0 Å². The molecule has 2 heterocycles. The number of rotatable bonds is 8. The Labute approximate surface area is 167 Å². The van der Waals surface area contributed by atoms with Crippen molar-refractivity contribution in [1.82, 2.24) is 0 Å². The van der Waals surface area contributed by atoms with Crippen molar-refractivity contribution >= 4 is 10.4 Å². The molecule has 0 radical (unpaired) electrons. The number of ether oxygens (including phenoxy) is 4. The molecule has 2 saturated heterocycles. The summed E-state index contributed by atoms with van der Waals surface area (Å²) in [6.07, 6.45) is -14.1. The van der Waals surface area contributed by atoms with E-state index < -0.39 is 78.4 Å². The maximum Gasteiger partial charge on any atom is 0.397 e. The third-order valence-electron chi connectivity index (χ3n) is 4.51. The molecule has 0 spiro atoms. The van der Waals surface area contributed by atoms with Crippen molar-refractivity contribution < 1.29 is 61.6 Å². The van der Waals surface area contributed by atoms with Crippen LogP contribution in [0, 0.1) is 0 Å². The molecule has 2 rings (SSSR count). The van der Waals surface area contributed by atoms with Gasteiger partial charge in [-0.1, -0.05) is 6.08 Å². The Hall–Kier alpha value is -0.750. The zero-order valence-electron chi connectivity index (χ0n) is 15.4. The highest BCUT2D eigenvalue weighted by molar-refractivity contribution is 7.80. The zero-order valence-corrected chi connectivity index (χ0v) is 16.2. The predicted octanol–water partition coefficient (Wildman–Crippen LogP) is -3.33. The number of hydrogen-bond donors (Lipinski definition) is 6. The minimum absolute atomic E-state index is 0.0167. The van der Waals surface area contributed by atoms with Crippen molar-refractivity contribution in [3.8, 4) is 0 Å². The number of aliphatic hydroxyl groups is 5. The molecule has 170 valence electrons. The summed E-state index contributed by atoms with van der Waals surface area (Å²) in [5.41, 5.74) is 0. The standard InChI is InChI=1S/C15H26O13S/c1-3-4-24-14-10(19)12(8(17)6(2)25-14)27-15-11(20)13(28-29(21,22)23)9(18)7(5-16)26-15/h3,6-20H,1,4-5H2,2H3,(H,21,22,23)/t6-,7+,8+,9+,10-,11+,12+,13-,14+,15-/m0/s1. The van der Waals surface area contributed by atoms with E-state index in [1.54, 1.807) is 0 Å². The lowest BCUT2D eigenvalue weighted by molar-refractivity contribution is -0.354. The summed E-state index contributed by atoms with van der Waals surface area (Å²) in [4.78, 5) is 0. The lowest BCUT2D eigenvalue weighted by Crippen LogP contribution is -2.64. The van der Waals surface area contributed by atoms with Crippen LogP contribution in [0.15, 0.2) is 12.7 Å². The van der Waals surface area contributed by atoms with Crippen LogP contribution in [0.2, 0.25) is 0 Å². The molecular weight excluding hydrogens is 420 g/mol. The highest BCUT2D eigenvalue weighted by Gasteiger charge is 2.51. The molecule has 29 heavy (non-hydrogen) atoms. The van der Waals surface area contributed by atoms with Gasteiger partial charge in [-0.05, 0) is 6.92 Å². The van der Waals surface area contributed by atoms with Crippen molar-refractivity contribution in [3.05, 3.63) is 12.7 Å². The van der Waals surface area contributed by atoms with Crippen LogP contribution >= 0.6 is 0 Å². The van der Waals surface area contributed by atoms with Gasteiger partial charge in [-0.2, -0.15) is 8.42 Å².